The van der Waals surface area contributed by atoms with E-state index >= 15 is 0 Å². The van der Waals surface area contributed by atoms with Gasteiger partial charge in [-0.25, -0.2) is 8.78 Å². The minimum Gasteiger partial charge on any atom is -0.327 e. The van der Waals surface area contributed by atoms with Gasteiger partial charge >= 0.3 is 0 Å². The van der Waals surface area contributed by atoms with Gasteiger partial charge in [0.25, 0.3) is 0 Å². The molecule has 106 valence electrons. The molecule has 2 aromatic carbocycles. The van der Waals surface area contributed by atoms with Crippen molar-refractivity contribution < 1.29 is 13.6 Å². The van der Waals surface area contributed by atoms with Crippen LogP contribution >= 0.6 is 11.6 Å². The van der Waals surface area contributed by atoms with Gasteiger partial charge in [0.1, 0.15) is 16.8 Å². The maximum Gasteiger partial charge on any atom is 0.153 e. The Hall–Kier alpha value is -2.20. The van der Waals surface area contributed by atoms with Crippen LogP contribution in [-0.2, 0) is 6.54 Å². The van der Waals surface area contributed by atoms with Crippen LogP contribution in [0.15, 0.2) is 42.5 Å². The number of halogens is 3. The van der Waals surface area contributed by atoms with Gasteiger partial charge in [-0.05, 0) is 35.9 Å². The number of fused-ring (bicyclic) bond motifs is 1. The van der Waals surface area contributed by atoms with E-state index in [-0.39, 0.29) is 16.5 Å². The van der Waals surface area contributed by atoms with Crippen LogP contribution < -0.4 is 0 Å². The van der Waals surface area contributed by atoms with Gasteiger partial charge in [-0.1, -0.05) is 23.7 Å². The number of carbonyl (C=O) groups excluding carboxylic acids is 1. The van der Waals surface area contributed by atoms with E-state index in [1.165, 1.54) is 24.3 Å². The van der Waals surface area contributed by atoms with Gasteiger partial charge in [-0.3, -0.25) is 4.79 Å². The predicted molar refractivity (Wildman–Crippen MR) is 77.8 cm³/mol. The first-order chi connectivity index (χ1) is 10.1. The maximum atomic E-state index is 13.4. The molecular weight excluding hydrogens is 296 g/mol. The molecule has 0 aliphatic rings. The molecule has 0 aliphatic carbocycles. The third kappa shape index (κ3) is 2.43. The normalized spacial score (nSPS) is 11.0. The highest BCUT2D eigenvalue weighted by atomic mass is 35.5. The van der Waals surface area contributed by atoms with Gasteiger partial charge in [0.2, 0.25) is 0 Å². The highest BCUT2D eigenvalue weighted by Crippen LogP contribution is 2.30. The zero-order chi connectivity index (χ0) is 15.0. The third-order valence-corrected chi connectivity index (χ3v) is 3.78. The van der Waals surface area contributed by atoms with Crippen molar-refractivity contribution in [1.82, 2.24) is 4.57 Å². The average Bonchev–Trinajstić information content (AvgIpc) is 2.73. The number of benzene rings is 2. The summed E-state index contributed by atoms with van der Waals surface area (Å²) in [7, 11) is 0. The maximum absolute atomic E-state index is 13.4. The average molecular weight is 306 g/mol. The van der Waals surface area contributed by atoms with E-state index in [9.17, 15) is 13.6 Å². The third-order valence-electron chi connectivity index (χ3n) is 3.37. The molecule has 0 atom stereocenters. The number of aromatic nitrogens is 1. The smallest absolute Gasteiger partial charge is 0.153 e. The Labute approximate surface area is 124 Å². The molecule has 3 rings (SSSR count). The van der Waals surface area contributed by atoms with E-state index in [0.717, 1.165) is 5.56 Å². The Morgan fingerprint density at radius 3 is 2.38 bits per heavy atom. The van der Waals surface area contributed by atoms with Crippen LogP contribution in [0.3, 0.4) is 0 Å². The number of hydrogen-bond acceptors (Lipinski definition) is 1. The summed E-state index contributed by atoms with van der Waals surface area (Å²) >= 11 is 6.22. The second-order valence-electron chi connectivity index (χ2n) is 4.70. The molecule has 0 radical (unpaired) electrons. The van der Waals surface area contributed by atoms with Crippen molar-refractivity contribution in [2.24, 2.45) is 0 Å². The van der Waals surface area contributed by atoms with E-state index in [4.69, 9.17) is 11.6 Å². The van der Waals surface area contributed by atoms with Crippen molar-refractivity contribution in [3.8, 4) is 0 Å². The number of nitrogens with zero attached hydrogens (tertiary/aromatic N) is 1. The Kier molecular flexibility index (Phi) is 3.47. The molecule has 1 heterocycles. The molecule has 21 heavy (non-hydrogen) atoms. The van der Waals surface area contributed by atoms with E-state index in [1.54, 1.807) is 22.8 Å². The molecule has 0 spiro atoms. The summed E-state index contributed by atoms with van der Waals surface area (Å²) in [5.41, 5.74) is 1.75. The summed E-state index contributed by atoms with van der Waals surface area (Å²) in [4.78, 5) is 11.2. The van der Waals surface area contributed by atoms with Crippen LogP contribution in [0.2, 0.25) is 5.15 Å². The highest BCUT2D eigenvalue weighted by Gasteiger charge is 2.16. The molecule has 0 saturated heterocycles. The Morgan fingerprint density at radius 1 is 1.05 bits per heavy atom. The van der Waals surface area contributed by atoms with Crippen molar-refractivity contribution in [2.75, 3.05) is 0 Å². The summed E-state index contributed by atoms with van der Waals surface area (Å²) in [6.45, 7) is 0.370. The molecule has 2 nitrogen and oxygen atoms in total. The molecule has 1 aromatic heterocycles. The monoisotopic (exact) mass is 305 g/mol. The lowest BCUT2D eigenvalue weighted by Crippen LogP contribution is -2.00. The summed E-state index contributed by atoms with van der Waals surface area (Å²) < 4.78 is 28.0. The van der Waals surface area contributed by atoms with E-state index in [1.807, 2.05) is 0 Å². The van der Waals surface area contributed by atoms with Crippen molar-refractivity contribution in [1.29, 1.82) is 0 Å². The SMILES string of the molecule is O=Cc1c(Cl)n(Cc2ccc(F)cc2)c2ccc(F)cc12. The first-order valence-electron chi connectivity index (χ1n) is 6.27. The second-order valence-corrected chi connectivity index (χ2v) is 5.05. The van der Waals surface area contributed by atoms with Crippen LogP contribution in [0.4, 0.5) is 8.78 Å². The largest absolute Gasteiger partial charge is 0.327 e. The fourth-order valence-corrected chi connectivity index (χ4v) is 2.66. The standard InChI is InChI=1S/C16H10ClF2NO/c17-16-14(9-21)13-7-12(19)5-6-15(13)20(16)8-10-1-3-11(18)4-2-10/h1-7,9H,8H2. The van der Waals surface area contributed by atoms with E-state index in [2.05, 4.69) is 0 Å². The van der Waals surface area contributed by atoms with Crippen LogP contribution in [0, 0.1) is 11.6 Å². The predicted octanol–water partition coefficient (Wildman–Crippen LogP) is 4.43. The van der Waals surface area contributed by atoms with E-state index < -0.39 is 5.82 Å². The molecule has 0 bridgehead atoms. The number of hydrogen-bond donors (Lipinski definition) is 0. The van der Waals surface area contributed by atoms with Crippen molar-refractivity contribution in [3.05, 3.63) is 70.4 Å². The molecule has 5 heteroatoms. The Bertz CT molecular complexity index is 824. The number of carbonyl (C=O) groups is 1. The fraction of sp³-hybridized carbons (Fsp3) is 0.0625. The Morgan fingerprint density at radius 2 is 1.71 bits per heavy atom. The zero-order valence-corrected chi connectivity index (χ0v) is 11.6. The van der Waals surface area contributed by atoms with Gasteiger partial charge in [0.15, 0.2) is 6.29 Å². The van der Waals surface area contributed by atoms with E-state index in [0.29, 0.717) is 23.7 Å². The van der Waals surface area contributed by atoms with Crippen LogP contribution in [0.1, 0.15) is 15.9 Å². The minimum absolute atomic E-state index is 0.245. The lowest BCUT2D eigenvalue weighted by atomic mass is 10.2. The highest BCUT2D eigenvalue weighted by molar-refractivity contribution is 6.34. The lowest BCUT2D eigenvalue weighted by Gasteiger charge is -2.07. The topological polar surface area (TPSA) is 22.0 Å². The molecule has 3 aromatic rings. The fourth-order valence-electron chi connectivity index (χ4n) is 2.36. The zero-order valence-electron chi connectivity index (χ0n) is 10.8. The summed E-state index contributed by atoms with van der Waals surface area (Å²) in [6.07, 6.45) is 0.616. The molecule has 0 amide bonds. The van der Waals surface area contributed by atoms with Crippen molar-refractivity contribution in [2.45, 2.75) is 6.54 Å². The first kappa shape index (κ1) is 13.8. The summed E-state index contributed by atoms with van der Waals surface area (Å²) in [6, 6.07) is 10.2. The lowest BCUT2D eigenvalue weighted by molar-refractivity contribution is 0.112. The molecule has 0 unspecified atom stereocenters. The summed E-state index contributed by atoms with van der Waals surface area (Å²) in [5, 5.41) is 0.715. The van der Waals surface area contributed by atoms with Crippen molar-refractivity contribution >= 4 is 28.8 Å². The van der Waals surface area contributed by atoms with Crippen LogP contribution in [0.25, 0.3) is 10.9 Å². The number of aldehydes is 1. The molecular formula is C16H10ClF2NO. The Balaban J connectivity index is 2.15. The van der Waals surface area contributed by atoms with Crippen LogP contribution in [0.5, 0.6) is 0 Å². The molecule has 0 N–H and O–H groups in total. The quantitative estimate of drug-likeness (QED) is 0.656. The van der Waals surface area contributed by atoms with Gasteiger partial charge in [0, 0.05) is 11.9 Å². The van der Waals surface area contributed by atoms with Crippen molar-refractivity contribution in [3.63, 3.8) is 0 Å². The van der Waals surface area contributed by atoms with Crippen LogP contribution in [-0.4, -0.2) is 10.9 Å². The van der Waals surface area contributed by atoms with Gasteiger partial charge in [-0.15, -0.1) is 0 Å². The van der Waals surface area contributed by atoms with Gasteiger partial charge < -0.3 is 4.57 Å². The molecule has 0 aliphatic heterocycles. The van der Waals surface area contributed by atoms with Gasteiger partial charge in [-0.2, -0.15) is 0 Å². The summed E-state index contributed by atoms with van der Waals surface area (Å²) in [5.74, 6) is -0.751. The molecule has 0 fully saturated rings. The van der Waals surface area contributed by atoms with Gasteiger partial charge in [0.05, 0.1) is 11.1 Å². The second kappa shape index (κ2) is 5.30. The minimum atomic E-state index is -0.429. The molecule has 0 saturated carbocycles. The first-order valence-corrected chi connectivity index (χ1v) is 6.65. The number of rotatable bonds is 3.